The molecule has 0 bridgehead atoms. The van der Waals surface area contributed by atoms with Gasteiger partial charge in [0.2, 0.25) is 0 Å². The van der Waals surface area contributed by atoms with Gasteiger partial charge in [-0.25, -0.2) is 5.43 Å². The first-order valence-electron chi connectivity index (χ1n) is 4.46. The van der Waals surface area contributed by atoms with Gasteiger partial charge >= 0.3 is 0 Å². The summed E-state index contributed by atoms with van der Waals surface area (Å²) in [5.74, 6) is 0.992. The van der Waals surface area contributed by atoms with Gasteiger partial charge in [0.25, 0.3) is 0 Å². The third-order valence-electron chi connectivity index (χ3n) is 2.41. The van der Waals surface area contributed by atoms with Crippen LogP contribution in [0.5, 0.6) is 5.75 Å². The first kappa shape index (κ1) is 8.38. The van der Waals surface area contributed by atoms with Gasteiger partial charge in [-0.3, -0.25) is 0 Å². The predicted octanol–water partition coefficient (Wildman–Crippen LogP) is 1.19. The number of hydrogen-bond donors (Lipinski definition) is 1. The number of nitrogens with zero attached hydrogens (tertiary/aromatic N) is 1. The molecule has 1 aromatic carbocycles. The molecule has 3 nitrogen and oxygen atoms in total. The molecule has 0 amide bonds. The molecular weight excluding hydrogens is 164 g/mol. The average molecular weight is 178 g/mol. The van der Waals surface area contributed by atoms with Crippen LogP contribution in [-0.4, -0.2) is 20.7 Å². The minimum Gasteiger partial charge on any atom is -0.496 e. The van der Waals surface area contributed by atoms with Crippen molar-refractivity contribution >= 4 is 5.69 Å². The number of methoxy groups -OCH3 is 1. The number of ether oxygens (including phenoxy) is 1. The van der Waals surface area contributed by atoms with E-state index in [1.807, 2.05) is 24.2 Å². The highest BCUT2D eigenvalue weighted by Gasteiger charge is 2.16. The Balaban J connectivity index is 2.48. The fraction of sp³-hybridized carbons (Fsp3) is 0.400. The number of rotatable bonds is 1. The highest BCUT2D eigenvalue weighted by Crippen LogP contribution is 2.30. The Bertz CT molecular complexity index is 312. The lowest BCUT2D eigenvalue weighted by Crippen LogP contribution is -2.40. The molecule has 0 atom stereocenters. The average Bonchev–Trinajstić information content (AvgIpc) is 2.18. The van der Waals surface area contributed by atoms with Crippen molar-refractivity contribution < 1.29 is 4.74 Å². The van der Waals surface area contributed by atoms with E-state index in [4.69, 9.17) is 4.74 Å². The summed E-state index contributed by atoms with van der Waals surface area (Å²) in [6, 6.07) is 6.13. The van der Waals surface area contributed by atoms with Crippen molar-refractivity contribution in [2.24, 2.45) is 0 Å². The summed E-state index contributed by atoms with van der Waals surface area (Å²) >= 11 is 0. The van der Waals surface area contributed by atoms with Crippen molar-refractivity contribution in [3.05, 3.63) is 23.8 Å². The molecule has 0 aromatic heterocycles. The smallest absolute Gasteiger partial charge is 0.124 e. The van der Waals surface area contributed by atoms with E-state index in [-0.39, 0.29) is 0 Å². The molecule has 0 saturated carbocycles. The first-order chi connectivity index (χ1) is 6.33. The van der Waals surface area contributed by atoms with Crippen LogP contribution in [0.15, 0.2) is 18.2 Å². The summed E-state index contributed by atoms with van der Waals surface area (Å²) < 4.78 is 5.31. The van der Waals surface area contributed by atoms with Crippen molar-refractivity contribution in [3.63, 3.8) is 0 Å². The van der Waals surface area contributed by atoms with Crippen molar-refractivity contribution in [3.8, 4) is 5.75 Å². The lowest BCUT2D eigenvalue weighted by atomic mass is 10.1. The Morgan fingerprint density at radius 3 is 3.08 bits per heavy atom. The van der Waals surface area contributed by atoms with E-state index in [2.05, 4.69) is 11.5 Å². The fourth-order valence-corrected chi connectivity index (χ4v) is 1.74. The Kier molecular flexibility index (Phi) is 2.10. The van der Waals surface area contributed by atoms with Crippen LogP contribution in [0.25, 0.3) is 0 Å². The molecule has 0 saturated heterocycles. The number of anilines is 1. The maximum atomic E-state index is 5.31. The standard InChI is InChI=1S/C10H14N2O/c1-12-9-4-3-5-10(13-2)8(9)6-7-11-12/h3-5,11H,6-7H2,1-2H3. The highest BCUT2D eigenvalue weighted by molar-refractivity contribution is 5.59. The molecule has 2 rings (SSSR count). The molecule has 13 heavy (non-hydrogen) atoms. The normalized spacial score (nSPS) is 15.4. The van der Waals surface area contributed by atoms with Gasteiger partial charge in [0.15, 0.2) is 0 Å². The summed E-state index contributed by atoms with van der Waals surface area (Å²) in [5, 5.41) is 2.04. The summed E-state index contributed by atoms with van der Waals surface area (Å²) in [6.07, 6.45) is 1.03. The van der Waals surface area contributed by atoms with E-state index in [0.29, 0.717) is 0 Å². The minimum absolute atomic E-state index is 0.976. The number of hydrazine groups is 1. The molecule has 1 N–H and O–H groups in total. The summed E-state index contributed by atoms with van der Waals surface area (Å²) in [6.45, 7) is 0.976. The summed E-state index contributed by atoms with van der Waals surface area (Å²) in [7, 11) is 3.75. The van der Waals surface area contributed by atoms with E-state index in [1.54, 1.807) is 7.11 Å². The number of nitrogens with one attached hydrogen (secondary N) is 1. The maximum Gasteiger partial charge on any atom is 0.124 e. The van der Waals surface area contributed by atoms with Crippen molar-refractivity contribution in [2.75, 3.05) is 25.7 Å². The molecule has 0 fully saturated rings. The molecule has 0 aliphatic carbocycles. The third kappa shape index (κ3) is 1.35. The Morgan fingerprint density at radius 1 is 1.46 bits per heavy atom. The quantitative estimate of drug-likeness (QED) is 0.699. The maximum absolute atomic E-state index is 5.31. The second-order valence-electron chi connectivity index (χ2n) is 3.18. The van der Waals surface area contributed by atoms with E-state index < -0.39 is 0 Å². The molecule has 1 aliphatic heterocycles. The molecule has 0 radical (unpaired) electrons. The van der Waals surface area contributed by atoms with Gasteiger partial charge in [0, 0.05) is 19.2 Å². The van der Waals surface area contributed by atoms with Crippen LogP contribution in [0.4, 0.5) is 5.69 Å². The van der Waals surface area contributed by atoms with Gasteiger partial charge in [-0.15, -0.1) is 0 Å². The van der Waals surface area contributed by atoms with E-state index in [0.717, 1.165) is 18.7 Å². The van der Waals surface area contributed by atoms with Gasteiger partial charge in [-0.2, -0.15) is 0 Å². The van der Waals surface area contributed by atoms with Crippen LogP contribution in [0.3, 0.4) is 0 Å². The Morgan fingerprint density at radius 2 is 2.31 bits per heavy atom. The van der Waals surface area contributed by atoms with E-state index in [1.165, 1.54) is 11.3 Å². The van der Waals surface area contributed by atoms with Gasteiger partial charge in [-0.05, 0) is 18.6 Å². The molecular formula is C10H14N2O. The Labute approximate surface area is 78.3 Å². The Hall–Kier alpha value is -1.22. The lowest BCUT2D eigenvalue weighted by Gasteiger charge is -2.29. The zero-order valence-corrected chi connectivity index (χ0v) is 8.00. The van der Waals surface area contributed by atoms with Gasteiger partial charge in [-0.1, -0.05) is 6.07 Å². The molecule has 1 aromatic rings. The van der Waals surface area contributed by atoms with E-state index in [9.17, 15) is 0 Å². The second-order valence-corrected chi connectivity index (χ2v) is 3.18. The predicted molar refractivity (Wildman–Crippen MR) is 53.1 cm³/mol. The van der Waals surface area contributed by atoms with Crippen molar-refractivity contribution in [1.82, 2.24) is 5.43 Å². The molecule has 0 spiro atoms. The molecule has 70 valence electrons. The van der Waals surface area contributed by atoms with Crippen molar-refractivity contribution in [1.29, 1.82) is 0 Å². The van der Waals surface area contributed by atoms with Crippen LogP contribution in [0, 0.1) is 0 Å². The minimum atomic E-state index is 0.976. The molecule has 1 heterocycles. The van der Waals surface area contributed by atoms with Crippen LogP contribution in [0.1, 0.15) is 5.56 Å². The first-order valence-corrected chi connectivity index (χ1v) is 4.46. The number of benzene rings is 1. The topological polar surface area (TPSA) is 24.5 Å². The van der Waals surface area contributed by atoms with Crippen LogP contribution >= 0.6 is 0 Å². The second kappa shape index (κ2) is 3.26. The monoisotopic (exact) mass is 178 g/mol. The van der Waals surface area contributed by atoms with E-state index >= 15 is 0 Å². The zero-order valence-electron chi connectivity index (χ0n) is 8.00. The van der Waals surface area contributed by atoms with Crippen molar-refractivity contribution in [2.45, 2.75) is 6.42 Å². The van der Waals surface area contributed by atoms with Gasteiger partial charge in [0.05, 0.1) is 12.8 Å². The largest absolute Gasteiger partial charge is 0.496 e. The summed E-state index contributed by atoms with van der Waals surface area (Å²) in [4.78, 5) is 0. The highest BCUT2D eigenvalue weighted by atomic mass is 16.5. The number of hydrogen-bond acceptors (Lipinski definition) is 3. The van der Waals surface area contributed by atoms with Gasteiger partial charge in [0.1, 0.15) is 5.75 Å². The molecule has 0 unspecified atom stereocenters. The van der Waals surface area contributed by atoms with Crippen LogP contribution < -0.4 is 15.2 Å². The lowest BCUT2D eigenvalue weighted by molar-refractivity contribution is 0.407. The molecule has 3 heteroatoms. The fourth-order valence-electron chi connectivity index (χ4n) is 1.74. The molecule has 1 aliphatic rings. The SMILES string of the molecule is COc1cccc2c1CCNN2C. The summed E-state index contributed by atoms with van der Waals surface area (Å²) in [5.41, 5.74) is 5.78. The third-order valence-corrected chi connectivity index (χ3v) is 2.41. The van der Waals surface area contributed by atoms with Gasteiger partial charge < -0.3 is 9.75 Å². The van der Waals surface area contributed by atoms with Crippen LogP contribution in [0.2, 0.25) is 0 Å². The van der Waals surface area contributed by atoms with Crippen LogP contribution in [-0.2, 0) is 6.42 Å². The number of fused-ring (bicyclic) bond motifs is 1. The zero-order chi connectivity index (χ0) is 9.26.